The summed E-state index contributed by atoms with van der Waals surface area (Å²) in [7, 11) is 0. The molecule has 190 valence electrons. The summed E-state index contributed by atoms with van der Waals surface area (Å²) in [6, 6.07) is 16.8. The monoisotopic (exact) mass is 499 g/mol. The highest BCUT2D eigenvalue weighted by atomic mass is 32.1. The maximum Gasteiger partial charge on any atom is 0.408 e. The first-order valence-electron chi connectivity index (χ1n) is 11.6. The molecule has 35 heavy (non-hydrogen) atoms. The van der Waals surface area contributed by atoms with Crippen LogP contribution in [-0.2, 0) is 20.9 Å². The SMILES string of the molecule is CC(C)(C)OC(=O)NC(CS)C(=O)N(C(C(=O)NCc1ccccc1)c1ccccc1)C(C)(C)C. The van der Waals surface area contributed by atoms with Crippen LogP contribution in [0.2, 0.25) is 0 Å². The molecule has 0 aliphatic rings. The van der Waals surface area contributed by atoms with Gasteiger partial charge in [0.05, 0.1) is 0 Å². The van der Waals surface area contributed by atoms with Gasteiger partial charge in [-0.2, -0.15) is 12.6 Å². The number of benzene rings is 2. The van der Waals surface area contributed by atoms with Crippen molar-refractivity contribution in [2.45, 2.75) is 71.3 Å². The van der Waals surface area contributed by atoms with Gasteiger partial charge < -0.3 is 20.3 Å². The molecule has 8 heteroatoms. The van der Waals surface area contributed by atoms with E-state index in [9.17, 15) is 14.4 Å². The molecule has 0 aromatic heterocycles. The topological polar surface area (TPSA) is 87.7 Å². The van der Waals surface area contributed by atoms with E-state index in [4.69, 9.17) is 4.74 Å². The quantitative estimate of drug-likeness (QED) is 0.467. The van der Waals surface area contributed by atoms with Crippen LogP contribution in [0.5, 0.6) is 0 Å². The Bertz CT molecular complexity index is 985. The molecule has 2 unspecified atom stereocenters. The van der Waals surface area contributed by atoms with E-state index in [-0.39, 0.29) is 11.7 Å². The number of rotatable bonds is 8. The van der Waals surface area contributed by atoms with Crippen LogP contribution in [0.25, 0.3) is 0 Å². The second kappa shape index (κ2) is 12.1. The van der Waals surface area contributed by atoms with Crippen molar-refractivity contribution < 1.29 is 19.1 Å². The summed E-state index contributed by atoms with van der Waals surface area (Å²) in [6.07, 6.45) is -0.719. The molecule has 0 radical (unpaired) electrons. The molecule has 2 rings (SSSR count). The largest absolute Gasteiger partial charge is 0.444 e. The first-order chi connectivity index (χ1) is 16.3. The number of nitrogens with zero attached hydrogens (tertiary/aromatic N) is 1. The van der Waals surface area contributed by atoms with Crippen molar-refractivity contribution in [3.8, 4) is 0 Å². The highest BCUT2D eigenvalue weighted by molar-refractivity contribution is 7.80. The third kappa shape index (κ3) is 8.62. The van der Waals surface area contributed by atoms with Gasteiger partial charge >= 0.3 is 6.09 Å². The summed E-state index contributed by atoms with van der Waals surface area (Å²) in [4.78, 5) is 41.4. The van der Waals surface area contributed by atoms with Crippen LogP contribution >= 0.6 is 12.6 Å². The highest BCUT2D eigenvalue weighted by Crippen LogP contribution is 2.30. The Hall–Kier alpha value is -3.00. The van der Waals surface area contributed by atoms with Crippen molar-refractivity contribution >= 4 is 30.5 Å². The Morgan fingerprint density at radius 3 is 1.94 bits per heavy atom. The van der Waals surface area contributed by atoms with Crippen LogP contribution in [0, 0.1) is 0 Å². The minimum absolute atomic E-state index is 0.0395. The molecule has 0 bridgehead atoms. The fourth-order valence-electron chi connectivity index (χ4n) is 3.58. The number of amides is 3. The average Bonchev–Trinajstić information content (AvgIpc) is 2.78. The zero-order chi connectivity index (χ0) is 26.2. The first-order valence-corrected chi connectivity index (χ1v) is 12.3. The molecule has 0 spiro atoms. The van der Waals surface area contributed by atoms with Crippen molar-refractivity contribution in [3.63, 3.8) is 0 Å². The summed E-state index contributed by atoms with van der Waals surface area (Å²) in [5.74, 6) is -0.710. The zero-order valence-electron chi connectivity index (χ0n) is 21.4. The number of hydrogen-bond acceptors (Lipinski definition) is 5. The van der Waals surface area contributed by atoms with Crippen molar-refractivity contribution in [3.05, 3.63) is 71.8 Å². The van der Waals surface area contributed by atoms with E-state index in [1.54, 1.807) is 20.8 Å². The Labute approximate surface area is 214 Å². The molecule has 0 aliphatic carbocycles. The molecule has 2 atom stereocenters. The van der Waals surface area contributed by atoms with Crippen LogP contribution in [0.1, 0.15) is 58.7 Å². The van der Waals surface area contributed by atoms with Gasteiger partial charge in [-0.25, -0.2) is 4.79 Å². The normalized spacial score (nSPS) is 13.3. The van der Waals surface area contributed by atoms with E-state index >= 15 is 0 Å². The molecular weight excluding hydrogens is 462 g/mol. The second-order valence-corrected chi connectivity index (χ2v) is 10.6. The Balaban J connectivity index is 2.40. The van der Waals surface area contributed by atoms with Gasteiger partial charge in [-0.3, -0.25) is 9.59 Å². The molecule has 2 N–H and O–H groups in total. The minimum atomic E-state index is -0.986. The molecule has 0 fully saturated rings. The lowest BCUT2D eigenvalue weighted by atomic mass is 9.95. The smallest absolute Gasteiger partial charge is 0.408 e. The van der Waals surface area contributed by atoms with Gasteiger partial charge in [0.2, 0.25) is 11.8 Å². The number of carbonyl (C=O) groups is 3. The lowest BCUT2D eigenvalue weighted by Gasteiger charge is -2.43. The summed E-state index contributed by atoms with van der Waals surface area (Å²) in [5.41, 5.74) is 0.137. The predicted molar refractivity (Wildman–Crippen MR) is 141 cm³/mol. The third-order valence-corrected chi connectivity index (χ3v) is 5.43. The van der Waals surface area contributed by atoms with E-state index in [0.717, 1.165) is 5.56 Å². The van der Waals surface area contributed by atoms with Crippen LogP contribution in [-0.4, -0.2) is 45.7 Å². The van der Waals surface area contributed by atoms with Crippen LogP contribution in [0.3, 0.4) is 0 Å². The molecule has 0 saturated carbocycles. The van der Waals surface area contributed by atoms with Crippen LogP contribution in [0.15, 0.2) is 60.7 Å². The van der Waals surface area contributed by atoms with Gasteiger partial charge in [-0.05, 0) is 52.7 Å². The Morgan fingerprint density at radius 1 is 0.914 bits per heavy atom. The fourth-order valence-corrected chi connectivity index (χ4v) is 3.83. The highest BCUT2D eigenvalue weighted by Gasteiger charge is 2.41. The van der Waals surface area contributed by atoms with Gasteiger partial charge in [0.1, 0.15) is 17.7 Å². The average molecular weight is 500 g/mol. The molecule has 0 heterocycles. The minimum Gasteiger partial charge on any atom is -0.444 e. The molecule has 2 aromatic carbocycles. The first kappa shape index (κ1) is 28.2. The lowest BCUT2D eigenvalue weighted by molar-refractivity contribution is -0.148. The van der Waals surface area contributed by atoms with Gasteiger partial charge in [0.25, 0.3) is 0 Å². The fraction of sp³-hybridized carbons (Fsp3) is 0.444. The van der Waals surface area contributed by atoms with Crippen molar-refractivity contribution in [1.29, 1.82) is 0 Å². The second-order valence-electron chi connectivity index (χ2n) is 10.3. The van der Waals surface area contributed by atoms with E-state index in [0.29, 0.717) is 12.1 Å². The van der Waals surface area contributed by atoms with Crippen LogP contribution in [0.4, 0.5) is 4.79 Å². The van der Waals surface area contributed by atoms with E-state index < -0.39 is 35.2 Å². The van der Waals surface area contributed by atoms with E-state index in [1.807, 2.05) is 81.4 Å². The van der Waals surface area contributed by atoms with Gasteiger partial charge in [-0.15, -0.1) is 0 Å². The molecule has 0 aliphatic heterocycles. The number of hydrogen-bond donors (Lipinski definition) is 3. The standard InChI is InChI=1S/C27H37N3O4S/c1-26(2,3)30(24(32)21(18-35)29-25(33)34-27(4,5)6)22(20-15-11-8-12-16-20)23(31)28-17-19-13-9-7-10-14-19/h7-16,21-22,35H,17-18H2,1-6H3,(H,28,31)(H,29,33). The molecular formula is C27H37N3O4S. The van der Waals surface area contributed by atoms with Crippen molar-refractivity contribution in [2.75, 3.05) is 5.75 Å². The Kier molecular flexibility index (Phi) is 9.77. The lowest BCUT2D eigenvalue weighted by Crippen LogP contribution is -2.59. The molecule has 2 aromatic rings. The third-order valence-electron chi connectivity index (χ3n) is 5.06. The predicted octanol–water partition coefficient (Wildman–Crippen LogP) is 4.49. The van der Waals surface area contributed by atoms with Crippen molar-refractivity contribution in [1.82, 2.24) is 15.5 Å². The number of carbonyl (C=O) groups excluding carboxylic acids is 3. The van der Waals surface area contributed by atoms with Crippen molar-refractivity contribution in [2.24, 2.45) is 0 Å². The molecule has 7 nitrogen and oxygen atoms in total. The van der Waals surface area contributed by atoms with Gasteiger partial charge in [-0.1, -0.05) is 60.7 Å². The number of alkyl carbamates (subject to hydrolysis) is 1. The van der Waals surface area contributed by atoms with E-state index in [2.05, 4.69) is 23.3 Å². The van der Waals surface area contributed by atoms with Gasteiger partial charge in [0, 0.05) is 17.8 Å². The number of ether oxygens (including phenoxy) is 1. The summed E-state index contributed by atoms with van der Waals surface area (Å²) >= 11 is 4.31. The molecule has 0 saturated heterocycles. The van der Waals surface area contributed by atoms with Crippen LogP contribution < -0.4 is 10.6 Å². The molecule has 3 amide bonds. The maximum absolute atomic E-state index is 13.8. The van der Waals surface area contributed by atoms with Gasteiger partial charge in [0.15, 0.2) is 0 Å². The maximum atomic E-state index is 13.8. The number of thiol groups is 1. The zero-order valence-corrected chi connectivity index (χ0v) is 22.3. The summed E-state index contributed by atoms with van der Waals surface area (Å²) in [6.45, 7) is 11.1. The summed E-state index contributed by atoms with van der Waals surface area (Å²) in [5, 5.41) is 5.59. The Morgan fingerprint density at radius 2 is 1.46 bits per heavy atom. The summed E-state index contributed by atoms with van der Waals surface area (Å²) < 4.78 is 5.33. The van der Waals surface area contributed by atoms with E-state index in [1.165, 1.54) is 4.90 Å². The number of nitrogens with one attached hydrogen (secondary N) is 2.